The van der Waals surface area contributed by atoms with E-state index in [-0.39, 0.29) is 6.10 Å². The number of hydrogen-bond acceptors (Lipinski definition) is 4. The first-order valence-electron chi connectivity index (χ1n) is 10.2. The first kappa shape index (κ1) is 24.6. The molecule has 0 amide bonds. The second-order valence-electron chi connectivity index (χ2n) is 6.83. The molecule has 0 aliphatic heterocycles. The Morgan fingerprint density at radius 1 is 0.583 bits per heavy atom. The van der Waals surface area contributed by atoms with Crippen molar-refractivity contribution in [1.82, 2.24) is 0 Å². The van der Waals surface area contributed by atoms with Crippen LogP contribution in [0.15, 0.2) is 0 Å². The van der Waals surface area contributed by atoms with Gasteiger partial charge in [-0.1, -0.05) is 44.9 Å². The van der Waals surface area contributed by atoms with Crippen molar-refractivity contribution < 1.29 is 10.2 Å². The summed E-state index contributed by atoms with van der Waals surface area (Å²) in [5.74, 6) is 5.04. The van der Waals surface area contributed by atoms with Crippen molar-refractivity contribution in [3.05, 3.63) is 0 Å². The van der Waals surface area contributed by atoms with Crippen molar-refractivity contribution >= 4 is 23.5 Å². The molecule has 2 nitrogen and oxygen atoms in total. The Morgan fingerprint density at radius 2 is 0.958 bits per heavy atom. The van der Waals surface area contributed by atoms with E-state index in [0.29, 0.717) is 6.61 Å². The third kappa shape index (κ3) is 22.6. The van der Waals surface area contributed by atoms with Gasteiger partial charge in [0.2, 0.25) is 0 Å². The van der Waals surface area contributed by atoms with Gasteiger partial charge in [-0.05, 0) is 68.5 Å². The predicted molar refractivity (Wildman–Crippen MR) is 113 cm³/mol. The molecular weight excluding hydrogens is 336 g/mol. The molecule has 0 heterocycles. The van der Waals surface area contributed by atoms with Crippen LogP contribution in [0.5, 0.6) is 0 Å². The molecule has 0 bridgehead atoms. The summed E-state index contributed by atoms with van der Waals surface area (Å²) in [7, 11) is 0. The normalized spacial score (nSPS) is 12.6. The second kappa shape index (κ2) is 21.7. The standard InChI is InChI=1S/C20H42O2S2/c1-20(22)14-13-19-24-17-11-8-6-4-2-3-5-7-10-16-23-18-12-9-15-21/h20-22H,2-19H2,1H3. The monoisotopic (exact) mass is 378 g/mol. The summed E-state index contributed by atoms with van der Waals surface area (Å²) in [6.07, 6.45) is 16.7. The molecule has 24 heavy (non-hydrogen) atoms. The highest BCUT2D eigenvalue weighted by molar-refractivity contribution is 7.99. The van der Waals surface area contributed by atoms with Crippen LogP contribution in [0.25, 0.3) is 0 Å². The lowest BCUT2D eigenvalue weighted by molar-refractivity contribution is 0.184. The van der Waals surface area contributed by atoms with Crippen molar-refractivity contribution in [2.45, 2.75) is 96.5 Å². The van der Waals surface area contributed by atoms with E-state index in [1.54, 1.807) is 0 Å². The molecule has 146 valence electrons. The van der Waals surface area contributed by atoms with Crippen LogP contribution in [-0.2, 0) is 0 Å². The maximum Gasteiger partial charge on any atom is 0.0512 e. The zero-order valence-electron chi connectivity index (χ0n) is 16.0. The Balaban J connectivity index is 2.95. The highest BCUT2D eigenvalue weighted by Crippen LogP contribution is 2.14. The van der Waals surface area contributed by atoms with Gasteiger partial charge in [-0.2, -0.15) is 23.5 Å². The third-order valence-electron chi connectivity index (χ3n) is 4.18. The van der Waals surface area contributed by atoms with Gasteiger partial charge in [0.25, 0.3) is 0 Å². The van der Waals surface area contributed by atoms with E-state index in [2.05, 4.69) is 23.5 Å². The number of unbranched alkanes of at least 4 members (excludes halogenated alkanes) is 9. The molecule has 0 aromatic carbocycles. The van der Waals surface area contributed by atoms with E-state index in [9.17, 15) is 5.11 Å². The summed E-state index contributed by atoms with van der Waals surface area (Å²) in [5.41, 5.74) is 0. The van der Waals surface area contributed by atoms with Crippen molar-refractivity contribution in [3.63, 3.8) is 0 Å². The van der Waals surface area contributed by atoms with Crippen molar-refractivity contribution in [1.29, 1.82) is 0 Å². The maximum atomic E-state index is 9.18. The molecule has 2 N–H and O–H groups in total. The van der Waals surface area contributed by atoms with Crippen LogP contribution < -0.4 is 0 Å². The van der Waals surface area contributed by atoms with Gasteiger partial charge in [-0.25, -0.2) is 0 Å². The average molecular weight is 379 g/mol. The fraction of sp³-hybridized carbons (Fsp3) is 1.00. The van der Waals surface area contributed by atoms with Crippen LogP contribution in [0.1, 0.15) is 90.4 Å². The molecule has 0 saturated heterocycles. The zero-order chi connectivity index (χ0) is 17.7. The highest BCUT2D eigenvalue weighted by Gasteiger charge is 1.97. The Labute approximate surface area is 160 Å². The number of aliphatic hydroxyl groups is 2. The maximum absolute atomic E-state index is 9.18. The molecule has 0 radical (unpaired) electrons. The lowest BCUT2D eigenvalue weighted by Gasteiger charge is -2.05. The van der Waals surface area contributed by atoms with Crippen molar-refractivity contribution in [3.8, 4) is 0 Å². The molecule has 0 rings (SSSR count). The number of rotatable bonds is 20. The van der Waals surface area contributed by atoms with Crippen LogP contribution in [0.4, 0.5) is 0 Å². The molecule has 4 heteroatoms. The minimum atomic E-state index is -0.124. The minimum Gasteiger partial charge on any atom is -0.396 e. The SMILES string of the molecule is CC(O)CCCSCCCCCCCCCCCSCCCCO. The van der Waals surface area contributed by atoms with Crippen LogP contribution in [0, 0.1) is 0 Å². The van der Waals surface area contributed by atoms with Gasteiger partial charge in [0.1, 0.15) is 0 Å². The Morgan fingerprint density at radius 3 is 1.38 bits per heavy atom. The number of thioether (sulfide) groups is 2. The lowest BCUT2D eigenvalue weighted by atomic mass is 10.1. The van der Waals surface area contributed by atoms with E-state index >= 15 is 0 Å². The van der Waals surface area contributed by atoms with Crippen LogP contribution in [0.3, 0.4) is 0 Å². The van der Waals surface area contributed by atoms with Crippen LogP contribution >= 0.6 is 23.5 Å². The third-order valence-corrected chi connectivity index (χ3v) is 6.49. The Bertz CT molecular complexity index is 226. The lowest BCUT2D eigenvalue weighted by Crippen LogP contribution is -1.99. The van der Waals surface area contributed by atoms with E-state index in [1.807, 2.05) is 6.92 Å². The van der Waals surface area contributed by atoms with Gasteiger partial charge in [-0.3, -0.25) is 0 Å². The predicted octanol–water partition coefficient (Wildman–Crippen LogP) is 5.90. The van der Waals surface area contributed by atoms with Crippen LogP contribution in [-0.4, -0.2) is 45.9 Å². The van der Waals surface area contributed by atoms with E-state index < -0.39 is 0 Å². The molecule has 0 aromatic rings. The van der Waals surface area contributed by atoms with Gasteiger partial charge < -0.3 is 10.2 Å². The van der Waals surface area contributed by atoms with Gasteiger partial charge in [0.15, 0.2) is 0 Å². The first-order chi connectivity index (χ1) is 11.8. The number of aliphatic hydroxyl groups excluding tert-OH is 2. The Kier molecular flexibility index (Phi) is 22.2. The fourth-order valence-electron chi connectivity index (χ4n) is 2.65. The van der Waals surface area contributed by atoms with Crippen molar-refractivity contribution in [2.75, 3.05) is 29.6 Å². The van der Waals surface area contributed by atoms with Gasteiger partial charge in [-0.15, -0.1) is 0 Å². The summed E-state index contributed by atoms with van der Waals surface area (Å²) in [4.78, 5) is 0. The summed E-state index contributed by atoms with van der Waals surface area (Å²) in [6, 6.07) is 0. The van der Waals surface area contributed by atoms with Gasteiger partial charge in [0.05, 0.1) is 6.10 Å². The van der Waals surface area contributed by atoms with E-state index in [0.717, 1.165) is 19.3 Å². The topological polar surface area (TPSA) is 40.5 Å². The molecule has 0 saturated carbocycles. The number of hydrogen-bond donors (Lipinski definition) is 2. The smallest absolute Gasteiger partial charge is 0.0512 e. The molecule has 0 aromatic heterocycles. The second-order valence-corrected chi connectivity index (χ2v) is 9.28. The minimum absolute atomic E-state index is 0.124. The molecule has 0 aliphatic rings. The summed E-state index contributed by atoms with van der Waals surface area (Å²) >= 11 is 4.11. The first-order valence-corrected chi connectivity index (χ1v) is 12.5. The van der Waals surface area contributed by atoms with Crippen molar-refractivity contribution in [2.24, 2.45) is 0 Å². The largest absolute Gasteiger partial charge is 0.396 e. The Hall–Kier alpha value is 0.620. The van der Waals surface area contributed by atoms with Gasteiger partial charge in [0, 0.05) is 6.61 Å². The molecular formula is C20H42O2S2. The average Bonchev–Trinajstić information content (AvgIpc) is 2.56. The molecule has 1 unspecified atom stereocenters. The van der Waals surface area contributed by atoms with Gasteiger partial charge >= 0.3 is 0 Å². The zero-order valence-corrected chi connectivity index (χ0v) is 17.6. The summed E-state index contributed by atoms with van der Waals surface area (Å²) in [5, 5.41) is 17.9. The quantitative estimate of drug-likeness (QED) is 0.259. The van der Waals surface area contributed by atoms with Crippen LogP contribution in [0.2, 0.25) is 0 Å². The summed E-state index contributed by atoms with van der Waals surface area (Å²) in [6.45, 7) is 2.23. The van der Waals surface area contributed by atoms with E-state index in [4.69, 9.17) is 5.11 Å². The molecule has 0 aliphatic carbocycles. The fourth-order valence-corrected chi connectivity index (χ4v) is 4.65. The summed E-state index contributed by atoms with van der Waals surface area (Å²) < 4.78 is 0. The van der Waals surface area contributed by atoms with E-state index in [1.165, 1.54) is 87.2 Å². The highest BCUT2D eigenvalue weighted by atomic mass is 32.2. The molecule has 1 atom stereocenters. The molecule has 0 spiro atoms. The molecule has 0 fully saturated rings.